The Morgan fingerprint density at radius 2 is 1.45 bits per heavy atom. The summed E-state index contributed by atoms with van der Waals surface area (Å²) >= 11 is 0. The second-order valence-corrected chi connectivity index (χ2v) is 6.99. The lowest BCUT2D eigenvalue weighted by atomic mass is 9.91. The highest BCUT2D eigenvalue weighted by Crippen LogP contribution is 2.23. The zero-order chi connectivity index (χ0) is 21.9. The van der Waals surface area contributed by atoms with Crippen molar-refractivity contribution in [2.45, 2.75) is 12.5 Å². The van der Waals surface area contributed by atoms with Crippen molar-refractivity contribution in [3.63, 3.8) is 0 Å². The van der Waals surface area contributed by atoms with Crippen LogP contribution in [0.2, 0.25) is 0 Å². The van der Waals surface area contributed by atoms with Gasteiger partial charge in [-0.05, 0) is 28.8 Å². The van der Waals surface area contributed by atoms with Crippen LogP contribution in [0, 0.1) is 0 Å². The van der Waals surface area contributed by atoms with Gasteiger partial charge in [0.1, 0.15) is 0 Å². The highest BCUT2D eigenvalue weighted by molar-refractivity contribution is 5.84. The van der Waals surface area contributed by atoms with Crippen LogP contribution in [0.4, 0.5) is 10.5 Å². The van der Waals surface area contributed by atoms with Crippen molar-refractivity contribution in [3.05, 3.63) is 102 Å². The highest BCUT2D eigenvalue weighted by Gasteiger charge is 2.14. The van der Waals surface area contributed by atoms with Crippen molar-refractivity contribution in [2.24, 2.45) is 4.99 Å². The van der Waals surface area contributed by atoms with Gasteiger partial charge in [0.25, 0.3) is 0 Å². The molecule has 1 amide bonds. The van der Waals surface area contributed by atoms with E-state index in [2.05, 4.69) is 74.2 Å². The molecule has 31 heavy (non-hydrogen) atoms. The van der Waals surface area contributed by atoms with E-state index in [1.54, 1.807) is 7.05 Å². The number of nitrogens with zero attached hydrogens (tertiary/aromatic N) is 1. The quantitative estimate of drug-likeness (QED) is 0.395. The van der Waals surface area contributed by atoms with E-state index < -0.39 is 6.09 Å². The number of carbonyl (C=O) groups is 1. The van der Waals surface area contributed by atoms with E-state index in [9.17, 15) is 4.79 Å². The third-order valence-electron chi connectivity index (χ3n) is 4.95. The number of carbonyl (C=O) groups excluding carboxylic acids is 1. The minimum absolute atomic E-state index is 0.213. The molecule has 0 saturated heterocycles. The van der Waals surface area contributed by atoms with Gasteiger partial charge in [0.2, 0.25) is 0 Å². The predicted molar refractivity (Wildman–Crippen MR) is 125 cm³/mol. The maximum atomic E-state index is 11.3. The third-order valence-corrected chi connectivity index (χ3v) is 4.95. The van der Waals surface area contributed by atoms with Crippen LogP contribution < -0.4 is 16.0 Å². The van der Waals surface area contributed by atoms with Gasteiger partial charge in [0.05, 0.1) is 7.11 Å². The minimum Gasteiger partial charge on any atom is -0.453 e. The van der Waals surface area contributed by atoms with E-state index in [1.165, 1.54) is 18.2 Å². The standard InChI is InChI=1S/C25H28N4O2/c1-26-24(27-17-19-13-15-22(16-14-19)29-25(30)31-2)28-18-23(20-9-5-3-6-10-20)21-11-7-4-8-12-21/h3-16,23H,17-18H2,1-2H3,(H,29,30)(H2,26,27,28). The van der Waals surface area contributed by atoms with Crippen LogP contribution >= 0.6 is 0 Å². The first kappa shape index (κ1) is 21.9. The van der Waals surface area contributed by atoms with Crippen LogP contribution in [0.5, 0.6) is 0 Å². The van der Waals surface area contributed by atoms with Gasteiger partial charge in [0.15, 0.2) is 5.96 Å². The number of amides is 1. The van der Waals surface area contributed by atoms with Gasteiger partial charge in [0, 0.05) is 31.7 Å². The summed E-state index contributed by atoms with van der Waals surface area (Å²) in [5.74, 6) is 0.943. The molecule has 3 N–H and O–H groups in total. The molecule has 0 fully saturated rings. The Balaban J connectivity index is 1.59. The molecule has 0 spiro atoms. The summed E-state index contributed by atoms with van der Waals surface area (Å²) in [6.45, 7) is 1.33. The summed E-state index contributed by atoms with van der Waals surface area (Å²) < 4.78 is 4.60. The molecule has 0 aromatic heterocycles. The smallest absolute Gasteiger partial charge is 0.411 e. The largest absolute Gasteiger partial charge is 0.453 e. The molecule has 3 aromatic rings. The average molecular weight is 417 g/mol. The van der Waals surface area contributed by atoms with Gasteiger partial charge in [-0.2, -0.15) is 0 Å². The Kier molecular flexibility index (Phi) is 8.05. The maximum Gasteiger partial charge on any atom is 0.411 e. The molecule has 0 atom stereocenters. The molecule has 0 unspecified atom stereocenters. The predicted octanol–water partition coefficient (Wildman–Crippen LogP) is 4.36. The summed E-state index contributed by atoms with van der Waals surface area (Å²) in [4.78, 5) is 15.6. The molecule has 0 aliphatic rings. The van der Waals surface area contributed by atoms with Gasteiger partial charge in [-0.25, -0.2) is 4.79 Å². The van der Waals surface area contributed by atoms with E-state index in [0.29, 0.717) is 12.2 Å². The summed E-state index contributed by atoms with van der Waals surface area (Å²) in [6, 6.07) is 28.5. The molecule has 160 valence electrons. The van der Waals surface area contributed by atoms with Gasteiger partial charge in [-0.3, -0.25) is 10.3 Å². The van der Waals surface area contributed by atoms with Crippen LogP contribution in [0.1, 0.15) is 22.6 Å². The number of guanidine groups is 1. The maximum absolute atomic E-state index is 11.3. The van der Waals surface area contributed by atoms with E-state index >= 15 is 0 Å². The fourth-order valence-corrected chi connectivity index (χ4v) is 3.28. The Hall–Kier alpha value is -3.80. The number of rotatable bonds is 7. The number of aliphatic imine (C=N–C) groups is 1. The van der Waals surface area contributed by atoms with E-state index in [4.69, 9.17) is 0 Å². The van der Waals surface area contributed by atoms with E-state index in [1.807, 2.05) is 36.4 Å². The summed E-state index contributed by atoms with van der Waals surface area (Å²) in [6.07, 6.45) is -0.484. The lowest BCUT2D eigenvalue weighted by molar-refractivity contribution is 0.187. The fourth-order valence-electron chi connectivity index (χ4n) is 3.28. The van der Waals surface area contributed by atoms with Crippen molar-refractivity contribution in [1.29, 1.82) is 0 Å². The zero-order valence-corrected chi connectivity index (χ0v) is 17.8. The number of nitrogens with one attached hydrogen (secondary N) is 3. The number of ether oxygens (including phenoxy) is 1. The topological polar surface area (TPSA) is 74.8 Å². The molecule has 3 aromatic carbocycles. The molecular weight excluding hydrogens is 388 g/mol. The first-order valence-corrected chi connectivity index (χ1v) is 10.2. The molecule has 0 heterocycles. The lowest BCUT2D eigenvalue weighted by Crippen LogP contribution is -2.39. The zero-order valence-electron chi connectivity index (χ0n) is 17.8. The third kappa shape index (κ3) is 6.60. The molecule has 3 rings (SSSR count). The number of anilines is 1. The average Bonchev–Trinajstić information content (AvgIpc) is 2.83. The molecule has 0 bridgehead atoms. The van der Waals surface area contributed by atoms with Crippen LogP contribution in [0.3, 0.4) is 0 Å². The van der Waals surface area contributed by atoms with Crippen LogP contribution in [-0.4, -0.2) is 32.8 Å². The first-order chi connectivity index (χ1) is 15.2. The van der Waals surface area contributed by atoms with E-state index in [-0.39, 0.29) is 5.92 Å². The van der Waals surface area contributed by atoms with Crippen LogP contribution in [0.25, 0.3) is 0 Å². The monoisotopic (exact) mass is 416 g/mol. The van der Waals surface area contributed by atoms with Crippen molar-refractivity contribution >= 4 is 17.7 Å². The molecule has 0 radical (unpaired) electrons. The summed E-state index contributed by atoms with van der Waals surface area (Å²) in [5, 5.41) is 9.43. The number of methoxy groups -OCH3 is 1. The Morgan fingerprint density at radius 1 is 0.871 bits per heavy atom. The molecule has 0 aliphatic heterocycles. The number of hydrogen-bond acceptors (Lipinski definition) is 3. The highest BCUT2D eigenvalue weighted by atomic mass is 16.5. The molecular formula is C25H28N4O2. The Bertz CT molecular complexity index is 934. The Labute approximate surface area is 183 Å². The van der Waals surface area contributed by atoms with Gasteiger partial charge in [-0.15, -0.1) is 0 Å². The van der Waals surface area contributed by atoms with Crippen molar-refractivity contribution in [3.8, 4) is 0 Å². The van der Waals surface area contributed by atoms with Gasteiger partial charge >= 0.3 is 6.09 Å². The normalized spacial score (nSPS) is 11.1. The molecule has 6 nitrogen and oxygen atoms in total. The van der Waals surface area contributed by atoms with Crippen molar-refractivity contribution in [1.82, 2.24) is 10.6 Å². The summed E-state index contributed by atoms with van der Waals surface area (Å²) in [7, 11) is 3.10. The molecule has 0 aliphatic carbocycles. The lowest BCUT2D eigenvalue weighted by Gasteiger charge is -2.20. The van der Waals surface area contributed by atoms with Crippen LogP contribution in [0.15, 0.2) is 89.9 Å². The minimum atomic E-state index is -0.484. The molecule has 6 heteroatoms. The van der Waals surface area contributed by atoms with Gasteiger partial charge < -0.3 is 15.4 Å². The summed E-state index contributed by atoms with van der Waals surface area (Å²) in [5.41, 5.74) is 4.27. The second-order valence-electron chi connectivity index (χ2n) is 6.99. The van der Waals surface area contributed by atoms with Gasteiger partial charge in [-0.1, -0.05) is 72.8 Å². The van der Waals surface area contributed by atoms with Crippen molar-refractivity contribution < 1.29 is 9.53 Å². The molecule has 0 saturated carbocycles. The van der Waals surface area contributed by atoms with Crippen molar-refractivity contribution in [2.75, 3.05) is 26.0 Å². The van der Waals surface area contributed by atoms with Crippen LogP contribution in [-0.2, 0) is 11.3 Å². The number of hydrogen-bond donors (Lipinski definition) is 3. The first-order valence-electron chi connectivity index (χ1n) is 10.2. The fraction of sp³-hybridized carbons (Fsp3) is 0.200. The van der Waals surface area contributed by atoms with E-state index in [0.717, 1.165) is 18.1 Å². The Morgan fingerprint density at radius 3 is 1.97 bits per heavy atom. The SMILES string of the molecule is CN=C(NCc1ccc(NC(=O)OC)cc1)NCC(c1ccccc1)c1ccccc1. The number of benzene rings is 3. The second kappa shape index (κ2) is 11.4.